The highest BCUT2D eigenvalue weighted by Crippen LogP contribution is 2.23. The molecule has 3 rings (SSSR count). The molecule has 0 spiro atoms. The van der Waals surface area contributed by atoms with Crippen molar-refractivity contribution >= 4 is 6.09 Å². The number of ether oxygens (including phenoxy) is 2. The minimum Gasteiger partial charge on any atom is -0.445 e. The first-order chi connectivity index (χ1) is 12.3. The van der Waals surface area contributed by atoms with E-state index >= 15 is 0 Å². The van der Waals surface area contributed by atoms with Crippen molar-refractivity contribution in [3.63, 3.8) is 0 Å². The summed E-state index contributed by atoms with van der Waals surface area (Å²) >= 11 is 0. The first kappa shape index (κ1) is 17.5. The van der Waals surface area contributed by atoms with Crippen molar-refractivity contribution in [1.29, 1.82) is 0 Å². The number of aliphatic hydroxyl groups excluding tert-OH is 1. The van der Waals surface area contributed by atoms with Gasteiger partial charge in [-0.3, -0.25) is 0 Å². The Hall–Kier alpha value is -2.37. The standard InChI is InChI=1S/C20H23NO4/c22-13-18-19(24-14-16-7-3-1-4-8-16)11-12-21(18)20(23)25-15-17-9-5-2-6-10-17/h1-10,18-19,22H,11-15H2/t18-,19+/m0/s1. The molecule has 1 fully saturated rings. The number of amides is 1. The molecule has 1 amide bonds. The Morgan fingerprint density at radius 3 is 2.20 bits per heavy atom. The van der Waals surface area contributed by atoms with E-state index in [1.807, 2.05) is 60.7 Å². The first-order valence-corrected chi connectivity index (χ1v) is 8.51. The molecule has 0 bridgehead atoms. The largest absolute Gasteiger partial charge is 0.445 e. The number of carbonyl (C=O) groups is 1. The predicted molar refractivity (Wildman–Crippen MR) is 93.8 cm³/mol. The van der Waals surface area contributed by atoms with Crippen LogP contribution in [0.1, 0.15) is 17.5 Å². The lowest BCUT2D eigenvalue weighted by molar-refractivity contribution is -0.00391. The molecule has 1 saturated heterocycles. The maximum absolute atomic E-state index is 12.3. The van der Waals surface area contributed by atoms with Gasteiger partial charge in [-0.2, -0.15) is 0 Å². The van der Waals surface area contributed by atoms with Gasteiger partial charge in [0.15, 0.2) is 0 Å². The second-order valence-corrected chi connectivity index (χ2v) is 6.11. The smallest absolute Gasteiger partial charge is 0.410 e. The molecule has 5 nitrogen and oxygen atoms in total. The molecule has 5 heteroatoms. The lowest BCUT2D eigenvalue weighted by atomic mass is 10.2. The van der Waals surface area contributed by atoms with Crippen molar-refractivity contribution < 1.29 is 19.4 Å². The molecule has 2 aromatic rings. The van der Waals surface area contributed by atoms with Crippen molar-refractivity contribution in [1.82, 2.24) is 4.90 Å². The van der Waals surface area contributed by atoms with Gasteiger partial charge in [0.25, 0.3) is 0 Å². The number of rotatable bonds is 6. The molecule has 1 heterocycles. The first-order valence-electron chi connectivity index (χ1n) is 8.51. The number of carbonyl (C=O) groups excluding carboxylic acids is 1. The highest BCUT2D eigenvalue weighted by Gasteiger charge is 2.38. The van der Waals surface area contributed by atoms with Gasteiger partial charge in [-0.15, -0.1) is 0 Å². The minimum absolute atomic E-state index is 0.139. The summed E-state index contributed by atoms with van der Waals surface area (Å²) < 4.78 is 11.3. The molecular weight excluding hydrogens is 318 g/mol. The van der Waals surface area contributed by atoms with E-state index in [1.54, 1.807) is 4.90 Å². The van der Waals surface area contributed by atoms with E-state index in [0.29, 0.717) is 19.6 Å². The fraction of sp³-hybridized carbons (Fsp3) is 0.350. The quantitative estimate of drug-likeness (QED) is 0.877. The van der Waals surface area contributed by atoms with Gasteiger partial charge in [0, 0.05) is 6.54 Å². The van der Waals surface area contributed by atoms with E-state index < -0.39 is 6.09 Å². The Labute approximate surface area is 147 Å². The van der Waals surface area contributed by atoms with Crippen LogP contribution in [0.25, 0.3) is 0 Å². The lowest BCUT2D eigenvalue weighted by Gasteiger charge is -2.26. The molecule has 0 radical (unpaired) electrons. The summed E-state index contributed by atoms with van der Waals surface area (Å²) in [5, 5.41) is 9.71. The van der Waals surface area contributed by atoms with Gasteiger partial charge >= 0.3 is 6.09 Å². The van der Waals surface area contributed by atoms with Gasteiger partial charge in [0.05, 0.1) is 25.4 Å². The zero-order valence-electron chi connectivity index (χ0n) is 14.1. The Morgan fingerprint density at radius 1 is 1.00 bits per heavy atom. The molecule has 0 aliphatic carbocycles. The summed E-state index contributed by atoms with van der Waals surface area (Å²) in [7, 11) is 0. The van der Waals surface area contributed by atoms with Crippen LogP contribution >= 0.6 is 0 Å². The van der Waals surface area contributed by atoms with E-state index in [2.05, 4.69) is 0 Å². The summed E-state index contributed by atoms with van der Waals surface area (Å²) in [5.41, 5.74) is 2.01. The van der Waals surface area contributed by atoms with Crippen LogP contribution in [0.3, 0.4) is 0 Å². The van der Waals surface area contributed by atoms with Crippen molar-refractivity contribution in [3.8, 4) is 0 Å². The molecule has 1 aliphatic heterocycles. The van der Waals surface area contributed by atoms with Crippen molar-refractivity contribution in [2.45, 2.75) is 31.8 Å². The minimum atomic E-state index is -0.409. The van der Waals surface area contributed by atoms with Crippen molar-refractivity contribution in [2.24, 2.45) is 0 Å². The summed E-state index contributed by atoms with van der Waals surface area (Å²) in [5.74, 6) is 0. The Morgan fingerprint density at radius 2 is 1.60 bits per heavy atom. The second-order valence-electron chi connectivity index (χ2n) is 6.11. The van der Waals surface area contributed by atoms with Gasteiger partial charge < -0.3 is 19.5 Å². The molecule has 2 aromatic carbocycles. The van der Waals surface area contributed by atoms with Crippen LogP contribution in [-0.4, -0.2) is 41.4 Å². The van der Waals surface area contributed by atoms with Crippen LogP contribution in [0.5, 0.6) is 0 Å². The molecule has 1 N–H and O–H groups in total. The van der Waals surface area contributed by atoms with Gasteiger partial charge in [-0.1, -0.05) is 60.7 Å². The van der Waals surface area contributed by atoms with Crippen LogP contribution in [0.15, 0.2) is 60.7 Å². The number of nitrogens with zero attached hydrogens (tertiary/aromatic N) is 1. The Balaban J connectivity index is 1.52. The maximum Gasteiger partial charge on any atom is 0.410 e. The molecule has 1 aliphatic rings. The fourth-order valence-electron chi connectivity index (χ4n) is 3.04. The maximum atomic E-state index is 12.3. The third kappa shape index (κ3) is 4.59. The molecular formula is C20H23NO4. The van der Waals surface area contributed by atoms with Crippen LogP contribution in [-0.2, 0) is 22.7 Å². The van der Waals surface area contributed by atoms with Crippen molar-refractivity contribution in [3.05, 3.63) is 71.8 Å². The molecule has 132 valence electrons. The van der Waals surface area contributed by atoms with Gasteiger partial charge in [-0.05, 0) is 17.5 Å². The summed E-state index contributed by atoms with van der Waals surface area (Å²) in [6.07, 6.45) is 0.0987. The number of hydrogen-bond acceptors (Lipinski definition) is 4. The van der Waals surface area contributed by atoms with E-state index in [1.165, 1.54) is 0 Å². The summed E-state index contributed by atoms with van der Waals surface area (Å²) in [4.78, 5) is 13.9. The molecule has 25 heavy (non-hydrogen) atoms. The number of benzene rings is 2. The van der Waals surface area contributed by atoms with Crippen LogP contribution < -0.4 is 0 Å². The third-order valence-electron chi connectivity index (χ3n) is 4.42. The van der Waals surface area contributed by atoms with Crippen LogP contribution in [0.4, 0.5) is 4.79 Å². The van der Waals surface area contributed by atoms with Gasteiger partial charge in [0.1, 0.15) is 6.61 Å². The van der Waals surface area contributed by atoms with E-state index in [9.17, 15) is 9.90 Å². The molecule has 2 atom stereocenters. The third-order valence-corrected chi connectivity index (χ3v) is 4.42. The lowest BCUT2D eigenvalue weighted by Crippen LogP contribution is -2.43. The average Bonchev–Trinajstić information content (AvgIpc) is 3.09. The molecule has 0 aromatic heterocycles. The zero-order valence-corrected chi connectivity index (χ0v) is 14.1. The highest BCUT2D eigenvalue weighted by atomic mass is 16.6. The van der Waals surface area contributed by atoms with E-state index in [-0.39, 0.29) is 25.4 Å². The van der Waals surface area contributed by atoms with Crippen LogP contribution in [0.2, 0.25) is 0 Å². The van der Waals surface area contributed by atoms with Crippen LogP contribution in [0, 0.1) is 0 Å². The monoisotopic (exact) mass is 341 g/mol. The fourth-order valence-corrected chi connectivity index (χ4v) is 3.04. The highest BCUT2D eigenvalue weighted by molar-refractivity contribution is 5.68. The average molecular weight is 341 g/mol. The Bertz CT molecular complexity index is 662. The normalized spacial score (nSPS) is 19.8. The SMILES string of the molecule is O=C(OCc1ccccc1)N1CC[C@@H](OCc2ccccc2)[C@@H]1CO. The number of likely N-dealkylation sites (tertiary alicyclic amines) is 1. The summed E-state index contributed by atoms with van der Waals surface area (Å²) in [6.45, 7) is 1.08. The number of aliphatic hydroxyl groups is 1. The number of hydrogen-bond donors (Lipinski definition) is 1. The second kappa shape index (κ2) is 8.65. The van der Waals surface area contributed by atoms with E-state index in [4.69, 9.17) is 9.47 Å². The zero-order chi connectivity index (χ0) is 17.5. The van der Waals surface area contributed by atoms with Crippen molar-refractivity contribution in [2.75, 3.05) is 13.2 Å². The summed E-state index contributed by atoms with van der Waals surface area (Å²) in [6, 6.07) is 19.1. The van der Waals surface area contributed by atoms with E-state index in [0.717, 1.165) is 11.1 Å². The molecule has 0 unspecified atom stereocenters. The predicted octanol–water partition coefficient (Wildman–Crippen LogP) is 2.98. The molecule has 0 saturated carbocycles. The topological polar surface area (TPSA) is 59.0 Å². The van der Waals surface area contributed by atoms with Gasteiger partial charge in [0.2, 0.25) is 0 Å². The Kier molecular flexibility index (Phi) is 6.04. The van der Waals surface area contributed by atoms with Gasteiger partial charge in [-0.25, -0.2) is 4.79 Å².